The summed E-state index contributed by atoms with van der Waals surface area (Å²) in [6.45, 7) is 8.87. The van der Waals surface area contributed by atoms with Gasteiger partial charge in [-0.3, -0.25) is 14.9 Å². The third-order valence-electron chi connectivity index (χ3n) is 11.4. The Balaban J connectivity index is 1.32. The molecule has 0 spiro atoms. The van der Waals surface area contributed by atoms with Gasteiger partial charge in [-0.05, 0) is 81.6 Å². The zero-order chi connectivity index (χ0) is 41.6. The highest BCUT2D eigenvalue weighted by atomic mass is 35.5. The van der Waals surface area contributed by atoms with Gasteiger partial charge in [0.2, 0.25) is 5.91 Å². The first-order valence-corrected chi connectivity index (χ1v) is 19.2. The first-order chi connectivity index (χ1) is 26.8. The van der Waals surface area contributed by atoms with Crippen molar-refractivity contribution in [2.45, 2.75) is 95.7 Å². The van der Waals surface area contributed by atoms with Gasteiger partial charge in [0.05, 0.1) is 28.8 Å². The van der Waals surface area contributed by atoms with Crippen LogP contribution in [0.15, 0.2) is 66.3 Å². The number of hydrogen-bond donors (Lipinski definition) is 3. The predicted octanol–water partition coefficient (Wildman–Crippen LogP) is 5.26. The third-order valence-corrected chi connectivity index (χ3v) is 11.9. The van der Waals surface area contributed by atoms with Crippen molar-refractivity contribution in [3.63, 3.8) is 0 Å². The number of aromatic nitrogens is 1. The molecule has 2 fully saturated rings. The zero-order valence-corrected chi connectivity index (χ0v) is 34.1. The Morgan fingerprint density at radius 2 is 1.91 bits per heavy atom. The molecule has 2 aromatic carbocycles. The number of aliphatic hydroxyl groups is 1. The number of allylic oxidation sites excluding steroid dienone is 3. The van der Waals surface area contributed by atoms with Crippen molar-refractivity contribution in [1.82, 2.24) is 15.2 Å². The van der Waals surface area contributed by atoms with Gasteiger partial charge in [-0.1, -0.05) is 48.4 Å². The van der Waals surface area contributed by atoms with E-state index in [1.54, 1.807) is 63.4 Å². The van der Waals surface area contributed by atoms with E-state index in [0.29, 0.717) is 39.4 Å². The summed E-state index contributed by atoms with van der Waals surface area (Å²) in [6, 6.07) is 11.1. The van der Waals surface area contributed by atoms with Crippen molar-refractivity contribution in [1.29, 1.82) is 0 Å². The number of fused-ring (bicyclic) bond motifs is 6. The average molecular weight is 804 g/mol. The molecule has 0 unspecified atom stereocenters. The lowest BCUT2D eigenvalue weighted by atomic mass is 9.83. The van der Waals surface area contributed by atoms with Gasteiger partial charge in [0.25, 0.3) is 5.91 Å². The number of aryl methyl sites for hydroxylation is 1. The normalized spacial score (nSPS) is 29.9. The number of methoxy groups -OCH3 is 1. The van der Waals surface area contributed by atoms with E-state index in [1.165, 1.54) is 30.9 Å². The zero-order valence-electron chi connectivity index (χ0n) is 33.4. The number of nitrogens with zero attached hydrogens (tertiary/aromatic N) is 3. The van der Waals surface area contributed by atoms with Crippen LogP contribution >= 0.6 is 11.6 Å². The maximum atomic E-state index is 14.2. The number of epoxide rings is 1. The van der Waals surface area contributed by atoms with Crippen LogP contribution in [0, 0.1) is 12.8 Å². The van der Waals surface area contributed by atoms with E-state index in [0.717, 1.165) is 16.7 Å². The lowest BCUT2D eigenvalue weighted by molar-refractivity contribution is -0.158. The molecule has 0 radical (unpaired) electrons. The van der Waals surface area contributed by atoms with Gasteiger partial charge >= 0.3 is 12.1 Å². The van der Waals surface area contributed by atoms with E-state index in [9.17, 15) is 24.3 Å². The average Bonchev–Trinajstić information content (AvgIpc) is 3.86. The lowest BCUT2D eigenvalue weighted by Crippen LogP contribution is -2.63. The summed E-state index contributed by atoms with van der Waals surface area (Å²) in [7, 11) is 4.54. The molecule has 3 aliphatic rings. The van der Waals surface area contributed by atoms with Crippen molar-refractivity contribution in [3.8, 4) is 0 Å². The number of carbonyl (C=O) groups is 4. The van der Waals surface area contributed by atoms with Crippen LogP contribution in [0.1, 0.15) is 62.0 Å². The molecule has 14 nitrogen and oxygen atoms in total. The molecule has 8 atom stereocenters. The molecular weight excluding hydrogens is 754 g/mol. The smallest absolute Gasteiger partial charge is 0.409 e. The number of carbonyl (C=O) groups excluding carboxylic acids is 4. The molecule has 3 aromatic rings. The Kier molecular flexibility index (Phi) is 11.7. The van der Waals surface area contributed by atoms with Crippen molar-refractivity contribution in [3.05, 3.63) is 88.0 Å². The molecule has 0 saturated carbocycles. The van der Waals surface area contributed by atoms with Gasteiger partial charge in [0, 0.05) is 44.5 Å². The molecule has 0 aliphatic carbocycles. The van der Waals surface area contributed by atoms with Crippen molar-refractivity contribution < 1.29 is 43.2 Å². The number of pyridine rings is 1. The minimum absolute atomic E-state index is 0.0563. The number of hydrogen-bond acceptors (Lipinski definition) is 11. The lowest BCUT2D eigenvalue weighted by Gasteiger charge is -2.42. The van der Waals surface area contributed by atoms with Gasteiger partial charge in [0.15, 0.2) is 5.72 Å². The number of nitrogen functional groups attached to an aromatic ring is 1. The van der Waals surface area contributed by atoms with Crippen LogP contribution in [-0.4, -0.2) is 102 Å². The molecule has 3 amide bonds. The highest BCUT2D eigenvalue weighted by molar-refractivity contribution is 6.34. The number of alkyl carbamates (subject to hydrolysis) is 1. The van der Waals surface area contributed by atoms with Gasteiger partial charge < -0.3 is 39.6 Å². The molecule has 2 saturated heterocycles. The number of nitrogens with two attached hydrogens (primary N) is 1. The summed E-state index contributed by atoms with van der Waals surface area (Å²) in [6.07, 6.45) is 1.00. The number of ether oxygens (including phenoxy) is 4. The Hall–Kier alpha value is -5.02. The third kappa shape index (κ3) is 8.50. The Morgan fingerprint density at radius 1 is 1.18 bits per heavy atom. The molecule has 6 rings (SSSR count). The molecule has 304 valence electrons. The largest absolute Gasteiger partial charge is 0.457 e. The van der Waals surface area contributed by atoms with Crippen LogP contribution in [0.3, 0.4) is 0 Å². The predicted molar refractivity (Wildman–Crippen MR) is 215 cm³/mol. The van der Waals surface area contributed by atoms with E-state index in [-0.39, 0.29) is 12.8 Å². The maximum Gasteiger partial charge on any atom is 0.409 e. The van der Waals surface area contributed by atoms with Gasteiger partial charge in [-0.15, -0.1) is 0 Å². The van der Waals surface area contributed by atoms with E-state index >= 15 is 0 Å². The number of rotatable bonds is 5. The van der Waals surface area contributed by atoms with Gasteiger partial charge in [-0.25, -0.2) is 14.6 Å². The number of esters is 1. The first-order valence-electron chi connectivity index (χ1n) is 18.8. The van der Waals surface area contributed by atoms with E-state index in [2.05, 4.69) is 10.3 Å². The first kappa shape index (κ1) is 41.6. The monoisotopic (exact) mass is 803 g/mol. The van der Waals surface area contributed by atoms with Crippen LogP contribution in [0.4, 0.5) is 16.3 Å². The molecule has 3 aliphatic heterocycles. The second-order valence-electron chi connectivity index (χ2n) is 15.6. The molecule has 15 heteroatoms. The van der Waals surface area contributed by atoms with Crippen LogP contribution in [-0.2, 0) is 35.0 Å². The van der Waals surface area contributed by atoms with E-state index in [4.69, 9.17) is 36.3 Å². The Bertz CT molecular complexity index is 2160. The van der Waals surface area contributed by atoms with Crippen LogP contribution in [0.5, 0.6) is 0 Å². The summed E-state index contributed by atoms with van der Waals surface area (Å²) in [5, 5.41) is 15.4. The minimum atomic E-state index is -1.83. The molecule has 1 aromatic heterocycles. The number of nitrogens with one attached hydrogen (secondary N) is 1. The number of benzene rings is 2. The fraction of sp³-hybridized carbons (Fsp3) is 0.452. The second-order valence-corrected chi connectivity index (χ2v) is 16.0. The summed E-state index contributed by atoms with van der Waals surface area (Å²) in [5.41, 5.74) is 6.81. The number of likely N-dealkylation sites (N-methyl/N-ethyl adjacent to an activating group) is 1. The quantitative estimate of drug-likeness (QED) is 0.226. The standard InChI is InChI=1S/C42H50ClN5O9/c1-22-10-9-11-32(54-8)42(53)21-31(55-40(52)46-42)24(3)37-41(5,57-37)33(20-35(49)48(7)30-18-26(16-22)17-23(2)36(30)43)56-39(51)25(4)47(6)38(50)28-12-14-29-27(19-28)13-15-34(44)45-29/h9-15,17-19,24-25,31-33,37,53H,16,20-21H2,1-8H3,(H2,44,45)(H,46,52)/b11-9+,22-10+/t24-,25+,31+,32-,33+,37+,41+,42+/m1/s1. The summed E-state index contributed by atoms with van der Waals surface area (Å²) < 4.78 is 23.8. The fourth-order valence-corrected chi connectivity index (χ4v) is 7.93. The Morgan fingerprint density at radius 3 is 2.63 bits per heavy atom. The molecule has 4 heterocycles. The molecule has 4 bridgehead atoms. The second kappa shape index (κ2) is 16.1. The number of anilines is 2. The van der Waals surface area contributed by atoms with E-state index in [1.807, 2.05) is 32.1 Å². The van der Waals surface area contributed by atoms with Crippen LogP contribution in [0.25, 0.3) is 10.9 Å². The van der Waals surface area contributed by atoms with Crippen molar-refractivity contribution >= 4 is 57.9 Å². The highest BCUT2D eigenvalue weighted by Crippen LogP contribution is 2.49. The topological polar surface area (TPSA) is 186 Å². The highest BCUT2D eigenvalue weighted by Gasteiger charge is 2.64. The summed E-state index contributed by atoms with van der Waals surface area (Å²) in [4.78, 5) is 61.8. The van der Waals surface area contributed by atoms with Crippen molar-refractivity contribution in [2.24, 2.45) is 5.92 Å². The van der Waals surface area contributed by atoms with Crippen LogP contribution < -0.4 is 16.0 Å². The van der Waals surface area contributed by atoms with Gasteiger partial charge in [-0.2, -0.15) is 0 Å². The SMILES string of the molecule is CO[C@@H]1/C=C/C=C(\C)Cc2cc(C)c(Cl)c(c2)N(C)C(=O)C[C@H](OC(=O)[C@H](C)N(C)C(=O)c2ccc3nc(N)ccc3c2)[C@]2(C)O[C@H]2[C@H](C)[C@@H]2C[C@@]1(O)NC(=O)O2. The van der Waals surface area contributed by atoms with E-state index < -0.39 is 71.6 Å². The molecule has 57 heavy (non-hydrogen) atoms. The maximum absolute atomic E-state index is 14.2. The summed E-state index contributed by atoms with van der Waals surface area (Å²) in [5.74, 6) is -1.80. The Labute approximate surface area is 336 Å². The molecular formula is C42H50ClN5O9. The summed E-state index contributed by atoms with van der Waals surface area (Å²) >= 11 is 6.80. The van der Waals surface area contributed by atoms with Gasteiger partial charge in [0.1, 0.15) is 35.8 Å². The van der Waals surface area contributed by atoms with Crippen molar-refractivity contribution in [2.75, 3.05) is 31.8 Å². The number of halogens is 1. The number of amides is 3. The minimum Gasteiger partial charge on any atom is -0.457 e. The molecule has 4 N–H and O–H groups in total. The van der Waals surface area contributed by atoms with Crippen LogP contribution in [0.2, 0.25) is 5.02 Å². The fourth-order valence-electron chi connectivity index (χ4n) is 7.69.